The molecule has 0 amide bonds. The highest BCUT2D eigenvalue weighted by atomic mass is 14.3. The molecule has 7 aromatic carbocycles. The molecule has 7 rings (SSSR count). The molecule has 88 valence electrons. The Morgan fingerprint density at radius 1 is 0.350 bits per heavy atom. The van der Waals surface area contributed by atoms with Gasteiger partial charge in [-0.3, -0.25) is 0 Å². The first kappa shape index (κ1) is 8.55. The van der Waals surface area contributed by atoms with Crippen LogP contribution in [-0.2, 0) is 0 Å². The Balaban J connectivity index is 1.85. The van der Waals surface area contributed by atoms with Crippen LogP contribution < -0.4 is 0 Å². The van der Waals surface area contributed by atoms with Gasteiger partial charge in [0, 0.05) is 0 Å². The summed E-state index contributed by atoms with van der Waals surface area (Å²) in [5.74, 6) is 0. The summed E-state index contributed by atoms with van der Waals surface area (Å²) in [4.78, 5) is 0. The maximum Gasteiger partial charge on any atom is -0.000717 e. The van der Waals surface area contributed by atoms with E-state index in [0.717, 1.165) is 0 Å². The molecule has 0 radical (unpaired) electrons. The highest BCUT2D eigenvalue weighted by Gasteiger charge is 2.26. The van der Waals surface area contributed by atoms with Crippen LogP contribution in [0.4, 0.5) is 0 Å². The molecule has 7 aromatic rings. The standard InChI is InChI=1S/C20H8/c1-3-9-11(5-1)17-13(9)7-15-16-8-14-10-4-2-6-12(10)18(14)20(16)19(15)17/h1-8H. The summed E-state index contributed by atoms with van der Waals surface area (Å²) in [7, 11) is 0. The average Bonchev–Trinajstić information content (AvgIpc) is 3.10. The average molecular weight is 248 g/mol. The van der Waals surface area contributed by atoms with Crippen LogP contribution in [0, 0.1) is 0 Å². The zero-order valence-electron chi connectivity index (χ0n) is 10.6. The second-order valence-electron chi connectivity index (χ2n) is 6.15. The quantitative estimate of drug-likeness (QED) is 0.318. The van der Waals surface area contributed by atoms with Crippen molar-refractivity contribution in [1.82, 2.24) is 0 Å². The molecule has 0 spiro atoms. The molecule has 0 bridgehead atoms. The van der Waals surface area contributed by atoms with Crippen molar-refractivity contribution < 1.29 is 0 Å². The summed E-state index contributed by atoms with van der Waals surface area (Å²) in [6.07, 6.45) is 0. The van der Waals surface area contributed by atoms with E-state index in [-0.39, 0.29) is 0 Å². The first-order valence-corrected chi connectivity index (χ1v) is 7.14. The van der Waals surface area contributed by atoms with Crippen molar-refractivity contribution in [2.45, 2.75) is 0 Å². The van der Waals surface area contributed by atoms with Crippen molar-refractivity contribution in [3.05, 3.63) is 48.5 Å². The minimum Gasteiger partial charge on any atom is -0.0610 e. The lowest BCUT2D eigenvalue weighted by molar-refractivity contribution is 2.07. The Morgan fingerprint density at radius 3 is 1.25 bits per heavy atom. The summed E-state index contributed by atoms with van der Waals surface area (Å²) >= 11 is 0. The predicted octanol–water partition coefficient (Wildman–Crippen LogP) is 5.79. The molecule has 0 atom stereocenters. The smallest absolute Gasteiger partial charge is 0.000717 e. The lowest BCUT2D eigenvalue weighted by atomic mass is 9.93. The van der Waals surface area contributed by atoms with Crippen LogP contribution in [0.2, 0.25) is 0 Å². The van der Waals surface area contributed by atoms with Crippen LogP contribution in [-0.4, -0.2) is 0 Å². The molecular formula is C20H8. The maximum absolute atomic E-state index is 2.40. The minimum absolute atomic E-state index is 1.45. The highest BCUT2D eigenvalue weighted by Crippen LogP contribution is 2.55. The van der Waals surface area contributed by atoms with Crippen molar-refractivity contribution in [3.63, 3.8) is 0 Å². The molecule has 0 aliphatic heterocycles. The van der Waals surface area contributed by atoms with Crippen LogP contribution in [0.15, 0.2) is 48.5 Å². The van der Waals surface area contributed by atoms with Gasteiger partial charge < -0.3 is 0 Å². The Kier molecular flexibility index (Phi) is 0.970. The molecule has 20 heavy (non-hydrogen) atoms. The Hall–Kier alpha value is -2.60. The molecule has 0 heteroatoms. The van der Waals surface area contributed by atoms with Crippen LogP contribution in [0.3, 0.4) is 0 Å². The monoisotopic (exact) mass is 248 g/mol. The van der Waals surface area contributed by atoms with Crippen molar-refractivity contribution in [1.29, 1.82) is 0 Å². The van der Waals surface area contributed by atoms with Gasteiger partial charge in [-0.1, -0.05) is 36.4 Å². The summed E-state index contributed by atoms with van der Waals surface area (Å²) in [5.41, 5.74) is 0. The van der Waals surface area contributed by atoms with Crippen molar-refractivity contribution in [2.24, 2.45) is 0 Å². The van der Waals surface area contributed by atoms with E-state index in [1.54, 1.807) is 0 Å². The molecule has 0 unspecified atom stereocenters. The van der Waals surface area contributed by atoms with Gasteiger partial charge in [-0.2, -0.15) is 0 Å². The fraction of sp³-hybridized carbons (Fsp3) is 0. The van der Waals surface area contributed by atoms with Gasteiger partial charge in [0.2, 0.25) is 0 Å². The van der Waals surface area contributed by atoms with Gasteiger partial charge in [-0.15, -0.1) is 0 Å². The molecule has 0 aromatic heterocycles. The molecule has 0 saturated heterocycles. The topological polar surface area (TPSA) is 0 Å². The second-order valence-corrected chi connectivity index (χ2v) is 6.15. The molecular weight excluding hydrogens is 240 g/mol. The second kappa shape index (κ2) is 2.27. The molecule has 0 fully saturated rings. The molecule has 0 heterocycles. The lowest BCUT2D eigenvalue weighted by Gasteiger charge is -2.08. The number of hydrogen-bond acceptors (Lipinski definition) is 0. The zero-order valence-corrected chi connectivity index (χ0v) is 10.6. The van der Waals surface area contributed by atoms with Gasteiger partial charge in [0.05, 0.1) is 0 Å². The molecule has 0 aliphatic carbocycles. The van der Waals surface area contributed by atoms with E-state index in [4.69, 9.17) is 0 Å². The van der Waals surface area contributed by atoms with Gasteiger partial charge in [-0.25, -0.2) is 0 Å². The number of fused-ring (bicyclic) bond motifs is 14. The molecule has 0 N–H and O–H groups in total. The summed E-state index contributed by atoms with van der Waals surface area (Å²) in [6.45, 7) is 0. The highest BCUT2D eigenvalue weighted by molar-refractivity contribution is 6.53. The van der Waals surface area contributed by atoms with E-state index < -0.39 is 0 Å². The van der Waals surface area contributed by atoms with Gasteiger partial charge in [0.15, 0.2) is 0 Å². The largest absolute Gasteiger partial charge is 0.0610 e. The van der Waals surface area contributed by atoms with E-state index in [0.29, 0.717) is 0 Å². The van der Waals surface area contributed by atoms with Crippen LogP contribution in [0.5, 0.6) is 0 Å². The Bertz CT molecular complexity index is 1260. The molecule has 0 aliphatic rings. The third kappa shape index (κ3) is 0.593. The summed E-state index contributed by atoms with van der Waals surface area (Å²) in [6, 6.07) is 18.2. The van der Waals surface area contributed by atoms with Crippen LogP contribution >= 0.6 is 0 Å². The zero-order chi connectivity index (χ0) is 12.6. The van der Waals surface area contributed by atoms with Gasteiger partial charge in [0.1, 0.15) is 0 Å². The fourth-order valence-corrected chi connectivity index (χ4v) is 4.60. The Morgan fingerprint density at radius 2 is 0.750 bits per heavy atom. The fourth-order valence-electron chi connectivity index (χ4n) is 4.60. The SMILES string of the molecule is c1cc2c(c1)c1c2cc2c3cc4c5cccc5c4c3c21. The molecule has 0 saturated carbocycles. The van der Waals surface area contributed by atoms with Crippen LogP contribution in [0.1, 0.15) is 0 Å². The van der Waals surface area contributed by atoms with Crippen molar-refractivity contribution in [2.75, 3.05) is 0 Å². The van der Waals surface area contributed by atoms with Crippen molar-refractivity contribution in [3.8, 4) is 0 Å². The third-order valence-electron chi connectivity index (χ3n) is 5.45. The predicted molar refractivity (Wildman–Crippen MR) is 87.4 cm³/mol. The number of rotatable bonds is 0. The van der Waals surface area contributed by atoms with E-state index in [1.807, 2.05) is 0 Å². The van der Waals surface area contributed by atoms with Gasteiger partial charge in [-0.05, 0) is 76.8 Å². The van der Waals surface area contributed by atoms with E-state index in [2.05, 4.69) is 48.5 Å². The number of hydrogen-bond donors (Lipinski definition) is 0. The van der Waals surface area contributed by atoms with E-state index >= 15 is 0 Å². The van der Waals surface area contributed by atoms with Gasteiger partial charge >= 0.3 is 0 Å². The van der Waals surface area contributed by atoms with Crippen molar-refractivity contribution >= 4 is 64.6 Å². The summed E-state index contributed by atoms with van der Waals surface area (Å²) < 4.78 is 0. The first-order valence-electron chi connectivity index (χ1n) is 7.14. The third-order valence-corrected chi connectivity index (χ3v) is 5.45. The maximum atomic E-state index is 2.40. The van der Waals surface area contributed by atoms with E-state index in [1.165, 1.54) is 64.6 Å². The summed E-state index contributed by atoms with van der Waals surface area (Å²) in [5, 5.41) is 17.8. The van der Waals surface area contributed by atoms with Gasteiger partial charge in [0.25, 0.3) is 0 Å². The Labute approximate surface area is 113 Å². The lowest BCUT2D eigenvalue weighted by Crippen LogP contribution is -1.79. The minimum atomic E-state index is 1.45. The molecule has 0 nitrogen and oxygen atoms in total. The van der Waals surface area contributed by atoms with Crippen LogP contribution in [0.25, 0.3) is 64.6 Å². The van der Waals surface area contributed by atoms with E-state index in [9.17, 15) is 0 Å². The first-order chi connectivity index (χ1) is 9.93. The normalized spacial score (nSPS) is 14.0.